The first-order valence-electron chi connectivity index (χ1n) is 10.8. The van der Waals surface area contributed by atoms with Crippen molar-refractivity contribution in [3.63, 3.8) is 0 Å². The van der Waals surface area contributed by atoms with E-state index in [1.807, 2.05) is 7.05 Å². The van der Waals surface area contributed by atoms with Gasteiger partial charge in [-0.3, -0.25) is 14.5 Å². The number of aliphatic hydroxyl groups is 1. The van der Waals surface area contributed by atoms with Crippen LogP contribution in [0, 0.1) is 11.7 Å². The number of benzene rings is 1. The van der Waals surface area contributed by atoms with Crippen LogP contribution in [-0.4, -0.2) is 65.7 Å². The number of likely N-dealkylation sites (N-methyl/N-ethyl adjacent to an activating group) is 1. The number of piperidine rings is 1. The van der Waals surface area contributed by atoms with Crippen LogP contribution in [0.5, 0.6) is 5.75 Å². The lowest BCUT2D eigenvalue weighted by molar-refractivity contribution is -0.153. The van der Waals surface area contributed by atoms with Crippen molar-refractivity contribution in [2.75, 3.05) is 26.8 Å². The van der Waals surface area contributed by atoms with Gasteiger partial charge in [0.1, 0.15) is 11.6 Å². The maximum atomic E-state index is 13.4. The Morgan fingerprint density at radius 1 is 1.29 bits per heavy atom. The normalized spacial score (nSPS) is 31.9. The van der Waals surface area contributed by atoms with Gasteiger partial charge < -0.3 is 20.5 Å². The van der Waals surface area contributed by atoms with Crippen molar-refractivity contribution < 1.29 is 23.8 Å². The van der Waals surface area contributed by atoms with E-state index >= 15 is 0 Å². The average molecular weight is 454 g/mol. The number of halogens is 2. The van der Waals surface area contributed by atoms with Gasteiger partial charge in [-0.2, -0.15) is 0 Å². The molecular weight excluding hydrogens is 425 g/mol. The Bertz CT molecular complexity index is 847. The third-order valence-electron chi connectivity index (χ3n) is 6.90. The molecule has 3 aliphatic carbocycles. The predicted octanol–water partition coefficient (Wildman–Crippen LogP) is 1.86. The van der Waals surface area contributed by atoms with Gasteiger partial charge in [-0.15, -0.1) is 0 Å². The van der Waals surface area contributed by atoms with Crippen molar-refractivity contribution in [1.82, 2.24) is 15.5 Å². The second-order valence-electron chi connectivity index (χ2n) is 9.39. The molecule has 0 spiro atoms. The molecule has 2 amide bonds. The average Bonchev–Trinajstić information content (AvgIpc) is 2.68. The summed E-state index contributed by atoms with van der Waals surface area (Å²) in [7, 11) is 1.97. The molecule has 9 heteroatoms. The molecule has 1 heterocycles. The van der Waals surface area contributed by atoms with E-state index in [2.05, 4.69) is 15.5 Å². The molecule has 2 bridgehead atoms. The number of aliphatic hydroxyl groups excluding tert-OH is 1. The molecule has 3 N–H and O–H groups in total. The molecule has 1 aliphatic heterocycles. The van der Waals surface area contributed by atoms with E-state index in [4.69, 9.17) is 16.3 Å². The fourth-order valence-electron chi connectivity index (χ4n) is 5.35. The Morgan fingerprint density at radius 2 is 2.00 bits per heavy atom. The summed E-state index contributed by atoms with van der Waals surface area (Å²) in [6.07, 6.45) is 4.65. The SMILES string of the molecule is CN1CCC(CCO)CC1C(=O)NC12CC(NC(=O)COc3ccc(Cl)c(F)c3)(C1)C2. The zero-order chi connectivity index (χ0) is 22.2. The Hall–Kier alpha value is -1.90. The number of hydrogen-bond donors (Lipinski definition) is 3. The summed E-state index contributed by atoms with van der Waals surface area (Å²) >= 11 is 5.64. The van der Waals surface area contributed by atoms with Crippen LogP contribution in [0.25, 0.3) is 0 Å². The summed E-state index contributed by atoms with van der Waals surface area (Å²) in [5.74, 6) is -0.200. The van der Waals surface area contributed by atoms with Crippen molar-refractivity contribution in [2.45, 2.75) is 55.6 Å². The number of rotatable bonds is 8. The number of carbonyl (C=O) groups is 2. The molecule has 170 valence electrons. The first-order chi connectivity index (χ1) is 14.7. The highest BCUT2D eigenvalue weighted by Gasteiger charge is 2.69. The largest absolute Gasteiger partial charge is 0.484 e. The van der Waals surface area contributed by atoms with Gasteiger partial charge in [-0.1, -0.05) is 11.6 Å². The molecule has 0 radical (unpaired) electrons. The first kappa shape index (κ1) is 22.3. The second-order valence-corrected chi connectivity index (χ2v) is 9.80. The van der Waals surface area contributed by atoms with Gasteiger partial charge in [-0.25, -0.2) is 4.39 Å². The fraction of sp³-hybridized carbons (Fsp3) is 0.636. The number of nitrogens with zero attached hydrogens (tertiary/aromatic N) is 1. The highest BCUT2D eigenvalue weighted by Crippen LogP contribution is 2.60. The standard InChI is InChI=1S/C22H29ClFN3O4/c1-27-6-4-14(5-7-28)8-18(27)20(30)26-22-11-21(12-22,13-22)25-19(29)10-31-15-2-3-16(23)17(24)9-15/h2-3,9,14,18,28H,4-8,10-13H2,1H3,(H,25,29)(H,26,30). The van der Waals surface area contributed by atoms with Gasteiger partial charge in [0.25, 0.3) is 5.91 Å². The zero-order valence-corrected chi connectivity index (χ0v) is 18.4. The van der Waals surface area contributed by atoms with Gasteiger partial charge in [0, 0.05) is 23.8 Å². The fourth-order valence-corrected chi connectivity index (χ4v) is 5.47. The molecule has 2 atom stereocenters. The highest BCUT2D eigenvalue weighted by molar-refractivity contribution is 6.30. The lowest BCUT2D eigenvalue weighted by atomic mass is 9.44. The summed E-state index contributed by atoms with van der Waals surface area (Å²) in [6.45, 7) is 0.806. The quantitative estimate of drug-likeness (QED) is 0.559. The van der Waals surface area contributed by atoms with Crippen molar-refractivity contribution in [1.29, 1.82) is 0 Å². The van der Waals surface area contributed by atoms with Gasteiger partial charge in [0.2, 0.25) is 5.91 Å². The van der Waals surface area contributed by atoms with E-state index in [0.717, 1.165) is 31.9 Å². The number of carbonyl (C=O) groups excluding carboxylic acids is 2. The van der Waals surface area contributed by atoms with Crippen molar-refractivity contribution in [3.05, 3.63) is 29.0 Å². The zero-order valence-electron chi connectivity index (χ0n) is 17.6. The molecule has 0 aromatic heterocycles. The minimum Gasteiger partial charge on any atom is -0.484 e. The molecule has 7 nitrogen and oxygen atoms in total. The minimum atomic E-state index is -0.594. The molecular formula is C22H29ClFN3O4. The van der Waals surface area contributed by atoms with E-state index in [9.17, 15) is 19.1 Å². The molecule has 1 aromatic carbocycles. The molecule has 4 fully saturated rings. The number of likely N-dealkylation sites (tertiary alicyclic amines) is 1. The predicted molar refractivity (Wildman–Crippen MR) is 113 cm³/mol. The maximum Gasteiger partial charge on any atom is 0.258 e. The molecule has 5 rings (SSSR count). The van der Waals surface area contributed by atoms with Gasteiger partial charge >= 0.3 is 0 Å². The summed E-state index contributed by atoms with van der Waals surface area (Å²) in [5.41, 5.74) is -0.508. The van der Waals surface area contributed by atoms with Crippen molar-refractivity contribution in [3.8, 4) is 5.75 Å². The second kappa shape index (κ2) is 8.56. The number of ether oxygens (including phenoxy) is 1. The molecule has 3 saturated carbocycles. The van der Waals surface area contributed by atoms with E-state index in [1.165, 1.54) is 12.1 Å². The van der Waals surface area contributed by atoms with E-state index in [-0.39, 0.29) is 52.9 Å². The van der Waals surface area contributed by atoms with E-state index < -0.39 is 5.82 Å². The lowest BCUT2D eigenvalue weighted by Crippen LogP contribution is -2.84. The van der Waals surface area contributed by atoms with Gasteiger partial charge in [0.15, 0.2) is 6.61 Å². The summed E-state index contributed by atoms with van der Waals surface area (Å²) in [4.78, 5) is 27.2. The maximum absolute atomic E-state index is 13.4. The van der Waals surface area contributed by atoms with Crippen LogP contribution in [0.3, 0.4) is 0 Å². The van der Waals surface area contributed by atoms with Crippen LogP contribution in [0.2, 0.25) is 5.02 Å². The van der Waals surface area contributed by atoms with Gasteiger partial charge in [0.05, 0.1) is 11.1 Å². The van der Waals surface area contributed by atoms with Crippen LogP contribution in [0.1, 0.15) is 38.5 Å². The summed E-state index contributed by atoms with van der Waals surface area (Å²) in [5, 5.41) is 15.4. The highest BCUT2D eigenvalue weighted by atomic mass is 35.5. The van der Waals surface area contributed by atoms with Crippen LogP contribution >= 0.6 is 11.6 Å². The van der Waals surface area contributed by atoms with Crippen LogP contribution in [-0.2, 0) is 9.59 Å². The first-order valence-corrected chi connectivity index (χ1v) is 11.1. The Balaban J connectivity index is 1.21. The van der Waals surface area contributed by atoms with Crippen LogP contribution in [0.15, 0.2) is 18.2 Å². The van der Waals surface area contributed by atoms with Crippen LogP contribution in [0.4, 0.5) is 4.39 Å². The van der Waals surface area contributed by atoms with Gasteiger partial charge in [-0.05, 0) is 70.2 Å². The number of nitrogens with one attached hydrogen (secondary N) is 2. The Kier molecular flexibility index (Phi) is 6.16. The summed E-state index contributed by atoms with van der Waals surface area (Å²) < 4.78 is 18.8. The third-order valence-corrected chi connectivity index (χ3v) is 7.21. The van der Waals surface area contributed by atoms with E-state index in [1.54, 1.807) is 0 Å². The van der Waals surface area contributed by atoms with Crippen LogP contribution < -0.4 is 15.4 Å². The topological polar surface area (TPSA) is 90.9 Å². The number of amides is 2. The molecule has 31 heavy (non-hydrogen) atoms. The van der Waals surface area contributed by atoms with E-state index in [0.29, 0.717) is 25.2 Å². The summed E-state index contributed by atoms with van der Waals surface area (Å²) in [6, 6.07) is 3.87. The smallest absolute Gasteiger partial charge is 0.258 e. The molecule has 4 aliphatic rings. The van der Waals surface area contributed by atoms with Crippen molar-refractivity contribution >= 4 is 23.4 Å². The van der Waals surface area contributed by atoms with Crippen molar-refractivity contribution in [2.24, 2.45) is 5.92 Å². The third kappa shape index (κ3) is 4.66. The molecule has 1 saturated heterocycles. The lowest BCUT2D eigenvalue weighted by Gasteiger charge is -2.70. The molecule has 2 unspecified atom stereocenters. The monoisotopic (exact) mass is 453 g/mol. The Labute approximate surface area is 186 Å². The minimum absolute atomic E-state index is 0.00125. The Morgan fingerprint density at radius 3 is 2.68 bits per heavy atom. The number of hydrogen-bond acceptors (Lipinski definition) is 5. The molecule has 1 aromatic rings.